The monoisotopic (exact) mass is 325 g/mol. The van der Waals surface area contributed by atoms with Crippen LogP contribution in [0.3, 0.4) is 0 Å². The summed E-state index contributed by atoms with van der Waals surface area (Å²) >= 11 is 0. The fourth-order valence-electron chi connectivity index (χ4n) is 2.43. The van der Waals surface area contributed by atoms with E-state index in [2.05, 4.69) is 15.5 Å². The highest BCUT2D eigenvalue weighted by molar-refractivity contribution is 7.90. The van der Waals surface area contributed by atoms with Crippen LogP contribution in [0.25, 0.3) is 0 Å². The van der Waals surface area contributed by atoms with Crippen molar-refractivity contribution in [3.63, 3.8) is 0 Å². The van der Waals surface area contributed by atoms with Gasteiger partial charge < -0.3 is 10.6 Å². The molecule has 0 aliphatic carbocycles. The maximum absolute atomic E-state index is 12.2. The summed E-state index contributed by atoms with van der Waals surface area (Å²) in [6.07, 6.45) is 1.14. The lowest BCUT2D eigenvalue weighted by Crippen LogP contribution is -2.46. The molecule has 0 saturated carbocycles. The number of nitrogens with one attached hydrogen (secondary N) is 2. The molecule has 22 heavy (non-hydrogen) atoms. The molecular weight excluding hydrogens is 302 g/mol. The van der Waals surface area contributed by atoms with E-state index in [-0.39, 0.29) is 10.8 Å². The number of aryl methyl sites for hydroxylation is 1. The number of nitrogens with zero attached hydrogens (tertiary/aromatic N) is 1. The third-order valence-electron chi connectivity index (χ3n) is 3.81. The molecule has 0 aromatic heterocycles. The summed E-state index contributed by atoms with van der Waals surface area (Å²) in [6.45, 7) is 7.08. The Morgan fingerprint density at radius 2 is 2.00 bits per heavy atom. The van der Waals surface area contributed by atoms with Crippen molar-refractivity contribution in [1.82, 2.24) is 15.5 Å². The number of hydrogen-bond donors (Lipinski definition) is 2. The first-order valence-electron chi connectivity index (χ1n) is 7.40. The lowest BCUT2D eigenvalue weighted by atomic mass is 10.1. The Bertz CT molecular complexity index is 637. The van der Waals surface area contributed by atoms with Gasteiger partial charge in [0.1, 0.15) is 0 Å². The van der Waals surface area contributed by atoms with Crippen molar-refractivity contribution in [3.8, 4) is 0 Å². The van der Waals surface area contributed by atoms with Gasteiger partial charge in [0, 0.05) is 51.1 Å². The SMILES string of the molecule is Cc1ccc(S(C)(=O)=O)cc1C(=O)NCCN1CCNCC1. The summed E-state index contributed by atoms with van der Waals surface area (Å²) in [7, 11) is -3.31. The topological polar surface area (TPSA) is 78.5 Å². The van der Waals surface area contributed by atoms with E-state index in [9.17, 15) is 13.2 Å². The second-order valence-corrected chi connectivity index (χ2v) is 7.61. The van der Waals surface area contributed by atoms with Crippen LogP contribution in [0.4, 0.5) is 0 Å². The summed E-state index contributed by atoms with van der Waals surface area (Å²) in [5.41, 5.74) is 1.19. The van der Waals surface area contributed by atoms with Crippen molar-refractivity contribution < 1.29 is 13.2 Å². The molecule has 1 aliphatic heterocycles. The average Bonchev–Trinajstić information content (AvgIpc) is 2.47. The fourth-order valence-corrected chi connectivity index (χ4v) is 3.08. The number of amides is 1. The standard InChI is InChI=1S/C15H23N3O3S/c1-12-3-4-13(22(2,20)21)11-14(12)15(19)17-7-10-18-8-5-16-6-9-18/h3-4,11,16H,5-10H2,1-2H3,(H,17,19). The Hall–Kier alpha value is -1.44. The molecule has 1 amide bonds. The maximum atomic E-state index is 12.2. The van der Waals surface area contributed by atoms with E-state index >= 15 is 0 Å². The first-order chi connectivity index (χ1) is 10.4. The van der Waals surface area contributed by atoms with Crippen LogP contribution < -0.4 is 10.6 Å². The minimum absolute atomic E-state index is 0.172. The summed E-state index contributed by atoms with van der Waals surface area (Å²) in [5.74, 6) is -0.224. The molecule has 1 fully saturated rings. The Labute approximate surface area is 131 Å². The second kappa shape index (κ2) is 7.21. The van der Waals surface area contributed by atoms with Gasteiger partial charge in [0.15, 0.2) is 9.84 Å². The molecule has 0 atom stereocenters. The summed E-state index contributed by atoms with van der Waals surface area (Å²) in [5, 5.41) is 6.15. The van der Waals surface area contributed by atoms with E-state index in [4.69, 9.17) is 0 Å². The number of rotatable bonds is 5. The lowest BCUT2D eigenvalue weighted by molar-refractivity contribution is 0.0946. The van der Waals surface area contributed by atoms with Crippen LogP contribution in [0.5, 0.6) is 0 Å². The van der Waals surface area contributed by atoms with Crippen LogP contribution in [-0.4, -0.2) is 64.7 Å². The molecule has 1 aromatic carbocycles. The minimum Gasteiger partial charge on any atom is -0.351 e. The number of hydrogen-bond acceptors (Lipinski definition) is 5. The van der Waals surface area contributed by atoms with Gasteiger partial charge in [-0.1, -0.05) is 6.07 Å². The zero-order valence-electron chi connectivity index (χ0n) is 13.1. The molecule has 1 heterocycles. The average molecular weight is 325 g/mol. The zero-order chi connectivity index (χ0) is 16.2. The predicted molar refractivity (Wildman–Crippen MR) is 85.9 cm³/mol. The highest BCUT2D eigenvalue weighted by atomic mass is 32.2. The largest absolute Gasteiger partial charge is 0.351 e. The van der Waals surface area contributed by atoms with Crippen LogP contribution in [0.1, 0.15) is 15.9 Å². The highest BCUT2D eigenvalue weighted by Gasteiger charge is 2.15. The number of carbonyl (C=O) groups is 1. The fraction of sp³-hybridized carbons (Fsp3) is 0.533. The van der Waals surface area contributed by atoms with Crippen molar-refractivity contribution in [2.45, 2.75) is 11.8 Å². The molecule has 7 heteroatoms. The quantitative estimate of drug-likeness (QED) is 0.799. The Kier molecular flexibility index (Phi) is 5.55. The molecule has 0 radical (unpaired) electrons. The van der Waals surface area contributed by atoms with Gasteiger partial charge in [-0.15, -0.1) is 0 Å². The van der Waals surface area contributed by atoms with Gasteiger partial charge >= 0.3 is 0 Å². The number of sulfone groups is 1. The second-order valence-electron chi connectivity index (χ2n) is 5.60. The molecule has 0 bridgehead atoms. The molecule has 0 unspecified atom stereocenters. The lowest BCUT2D eigenvalue weighted by Gasteiger charge is -2.27. The van der Waals surface area contributed by atoms with Crippen molar-refractivity contribution >= 4 is 15.7 Å². The molecule has 1 saturated heterocycles. The van der Waals surface area contributed by atoms with E-state index in [0.29, 0.717) is 12.1 Å². The van der Waals surface area contributed by atoms with Crippen molar-refractivity contribution in [1.29, 1.82) is 0 Å². The van der Waals surface area contributed by atoms with E-state index < -0.39 is 9.84 Å². The summed E-state index contributed by atoms with van der Waals surface area (Å²) < 4.78 is 23.2. The zero-order valence-corrected chi connectivity index (χ0v) is 13.9. The summed E-state index contributed by atoms with van der Waals surface area (Å²) in [6, 6.07) is 4.65. The van der Waals surface area contributed by atoms with Gasteiger partial charge in [-0.05, 0) is 24.6 Å². The van der Waals surface area contributed by atoms with Crippen LogP contribution in [0, 0.1) is 6.92 Å². The first kappa shape index (κ1) is 16.9. The Balaban J connectivity index is 1.97. The molecule has 122 valence electrons. The van der Waals surface area contributed by atoms with E-state index in [0.717, 1.165) is 44.5 Å². The third kappa shape index (κ3) is 4.53. The summed E-state index contributed by atoms with van der Waals surface area (Å²) in [4.78, 5) is 14.7. The van der Waals surface area contributed by atoms with Gasteiger partial charge in [-0.3, -0.25) is 9.69 Å². The van der Waals surface area contributed by atoms with Crippen molar-refractivity contribution in [3.05, 3.63) is 29.3 Å². The maximum Gasteiger partial charge on any atom is 0.251 e. The molecule has 1 aliphatic rings. The van der Waals surface area contributed by atoms with Crippen LogP contribution >= 0.6 is 0 Å². The van der Waals surface area contributed by atoms with Crippen LogP contribution in [0.2, 0.25) is 0 Å². The van der Waals surface area contributed by atoms with Gasteiger partial charge in [0.2, 0.25) is 0 Å². The normalized spacial score (nSPS) is 16.5. The van der Waals surface area contributed by atoms with Gasteiger partial charge in [-0.2, -0.15) is 0 Å². The van der Waals surface area contributed by atoms with E-state index in [1.165, 1.54) is 12.1 Å². The van der Waals surface area contributed by atoms with Gasteiger partial charge in [0.25, 0.3) is 5.91 Å². The van der Waals surface area contributed by atoms with E-state index in [1.807, 2.05) is 0 Å². The predicted octanol–water partition coefficient (Wildman–Crippen LogP) is 0.0335. The number of piperazine rings is 1. The number of carbonyl (C=O) groups excluding carboxylic acids is 1. The van der Waals surface area contributed by atoms with E-state index in [1.54, 1.807) is 13.0 Å². The first-order valence-corrected chi connectivity index (χ1v) is 9.29. The Morgan fingerprint density at radius 3 is 2.64 bits per heavy atom. The third-order valence-corrected chi connectivity index (χ3v) is 4.92. The van der Waals surface area contributed by atoms with Crippen LogP contribution in [0.15, 0.2) is 23.1 Å². The molecule has 6 nitrogen and oxygen atoms in total. The van der Waals surface area contributed by atoms with Gasteiger partial charge in [0.05, 0.1) is 4.90 Å². The van der Waals surface area contributed by atoms with Crippen molar-refractivity contribution in [2.75, 3.05) is 45.5 Å². The van der Waals surface area contributed by atoms with Gasteiger partial charge in [-0.25, -0.2) is 8.42 Å². The highest BCUT2D eigenvalue weighted by Crippen LogP contribution is 2.15. The number of benzene rings is 1. The smallest absolute Gasteiger partial charge is 0.251 e. The molecular formula is C15H23N3O3S. The molecule has 1 aromatic rings. The molecule has 2 rings (SSSR count). The van der Waals surface area contributed by atoms with Crippen molar-refractivity contribution in [2.24, 2.45) is 0 Å². The van der Waals surface area contributed by atoms with Crippen LogP contribution in [-0.2, 0) is 9.84 Å². The molecule has 2 N–H and O–H groups in total. The molecule has 0 spiro atoms. The minimum atomic E-state index is -3.31. The Morgan fingerprint density at radius 1 is 1.32 bits per heavy atom.